The van der Waals surface area contributed by atoms with Crippen LogP contribution in [0.4, 0.5) is 0 Å². The van der Waals surface area contributed by atoms with Crippen molar-refractivity contribution in [2.45, 2.75) is 38.7 Å². The fourth-order valence-corrected chi connectivity index (χ4v) is 3.79. The molecule has 144 valence electrons. The Morgan fingerprint density at radius 3 is 2.48 bits per heavy atom. The van der Waals surface area contributed by atoms with E-state index >= 15 is 0 Å². The highest BCUT2D eigenvalue weighted by molar-refractivity contribution is 5.76. The van der Waals surface area contributed by atoms with Crippen molar-refractivity contribution in [1.29, 1.82) is 0 Å². The zero-order chi connectivity index (χ0) is 19.1. The van der Waals surface area contributed by atoms with Crippen molar-refractivity contribution in [2.24, 2.45) is 5.92 Å². The van der Waals surface area contributed by atoms with Gasteiger partial charge in [-0.1, -0.05) is 48.5 Å². The molecule has 3 rings (SSSR count). The van der Waals surface area contributed by atoms with Crippen LogP contribution in [-0.4, -0.2) is 35.6 Å². The predicted molar refractivity (Wildman–Crippen MR) is 107 cm³/mol. The Labute approximate surface area is 161 Å². The summed E-state index contributed by atoms with van der Waals surface area (Å²) < 4.78 is 5.64. The van der Waals surface area contributed by atoms with E-state index in [2.05, 4.69) is 0 Å². The molecule has 1 aliphatic heterocycles. The molecule has 0 bridgehead atoms. The number of hydrogen-bond donors (Lipinski definition) is 1. The number of carbonyl (C=O) groups is 1. The largest absolute Gasteiger partial charge is 0.494 e. The number of nitrogens with zero attached hydrogens (tertiary/aromatic N) is 1. The molecule has 0 aliphatic carbocycles. The van der Waals surface area contributed by atoms with Crippen molar-refractivity contribution < 1.29 is 14.6 Å². The number of amides is 1. The third-order valence-corrected chi connectivity index (χ3v) is 5.36. The lowest BCUT2D eigenvalue weighted by Crippen LogP contribution is -2.39. The monoisotopic (exact) mass is 367 g/mol. The number of aliphatic hydroxyl groups is 1. The summed E-state index contributed by atoms with van der Waals surface area (Å²) in [5.41, 5.74) is 2.05. The van der Waals surface area contributed by atoms with Gasteiger partial charge in [0.2, 0.25) is 5.91 Å². The fourth-order valence-electron chi connectivity index (χ4n) is 3.79. The van der Waals surface area contributed by atoms with Gasteiger partial charge < -0.3 is 14.7 Å². The summed E-state index contributed by atoms with van der Waals surface area (Å²) in [6.07, 6.45) is 2.44. The molecule has 0 saturated carbocycles. The van der Waals surface area contributed by atoms with Gasteiger partial charge in [-0.05, 0) is 49.3 Å². The van der Waals surface area contributed by atoms with Gasteiger partial charge in [0.1, 0.15) is 5.75 Å². The number of piperidine rings is 1. The first-order chi connectivity index (χ1) is 13.2. The van der Waals surface area contributed by atoms with Gasteiger partial charge in [-0.3, -0.25) is 4.79 Å². The number of likely N-dealkylation sites (tertiary alicyclic amines) is 1. The summed E-state index contributed by atoms with van der Waals surface area (Å²) in [4.78, 5) is 14.6. The summed E-state index contributed by atoms with van der Waals surface area (Å²) in [5.74, 6) is 1.28. The van der Waals surface area contributed by atoms with E-state index in [1.54, 1.807) is 0 Å². The SMILES string of the molecule is CCOc1ccccc1CCC(=O)N1CCC(C(O)c2ccccc2)CC1. The van der Waals surface area contributed by atoms with Crippen LogP contribution in [0.2, 0.25) is 0 Å². The molecule has 1 atom stereocenters. The number of carbonyl (C=O) groups excluding carboxylic acids is 1. The number of aliphatic hydroxyl groups excluding tert-OH is 1. The van der Waals surface area contributed by atoms with Gasteiger partial charge in [-0.25, -0.2) is 0 Å². The minimum atomic E-state index is -0.443. The van der Waals surface area contributed by atoms with Crippen LogP contribution in [0.15, 0.2) is 54.6 Å². The van der Waals surface area contributed by atoms with Gasteiger partial charge in [-0.2, -0.15) is 0 Å². The third kappa shape index (κ3) is 5.10. The van der Waals surface area contributed by atoms with E-state index < -0.39 is 6.10 Å². The molecule has 0 aromatic heterocycles. The zero-order valence-corrected chi connectivity index (χ0v) is 16.0. The highest BCUT2D eigenvalue weighted by Gasteiger charge is 2.28. The molecule has 0 spiro atoms. The topological polar surface area (TPSA) is 49.8 Å². The van der Waals surface area contributed by atoms with Crippen LogP contribution >= 0.6 is 0 Å². The Hall–Kier alpha value is -2.33. The quantitative estimate of drug-likeness (QED) is 0.805. The van der Waals surface area contributed by atoms with Crippen molar-refractivity contribution in [1.82, 2.24) is 4.90 Å². The minimum absolute atomic E-state index is 0.189. The summed E-state index contributed by atoms with van der Waals surface area (Å²) in [6, 6.07) is 17.7. The number of para-hydroxylation sites is 1. The molecule has 4 nitrogen and oxygen atoms in total. The van der Waals surface area contributed by atoms with E-state index in [1.807, 2.05) is 66.4 Å². The molecule has 27 heavy (non-hydrogen) atoms. The van der Waals surface area contributed by atoms with Crippen molar-refractivity contribution in [3.63, 3.8) is 0 Å². The molecule has 0 radical (unpaired) electrons. The van der Waals surface area contributed by atoms with Gasteiger partial charge in [0.05, 0.1) is 12.7 Å². The van der Waals surface area contributed by atoms with Gasteiger partial charge in [0.25, 0.3) is 0 Å². The number of benzene rings is 2. The molecule has 1 N–H and O–H groups in total. The predicted octanol–water partition coefficient (Wildman–Crippen LogP) is 3.99. The van der Waals surface area contributed by atoms with Gasteiger partial charge in [-0.15, -0.1) is 0 Å². The van der Waals surface area contributed by atoms with Crippen LogP contribution in [0, 0.1) is 5.92 Å². The van der Waals surface area contributed by atoms with E-state index in [9.17, 15) is 9.90 Å². The second kappa shape index (κ2) is 9.56. The number of hydrogen-bond acceptors (Lipinski definition) is 3. The average Bonchev–Trinajstić information content (AvgIpc) is 2.73. The standard InChI is InChI=1S/C23H29NO3/c1-2-27-21-11-7-6-8-18(21)12-13-22(25)24-16-14-20(15-17-24)23(26)19-9-4-3-5-10-19/h3-11,20,23,26H,2,12-17H2,1H3. The molecular formula is C23H29NO3. The van der Waals surface area contributed by atoms with Gasteiger partial charge >= 0.3 is 0 Å². The lowest BCUT2D eigenvalue weighted by molar-refractivity contribution is -0.133. The van der Waals surface area contributed by atoms with E-state index in [4.69, 9.17) is 4.74 Å². The van der Waals surface area contributed by atoms with E-state index in [0.29, 0.717) is 19.4 Å². The molecule has 2 aromatic rings. The molecule has 2 aromatic carbocycles. The Morgan fingerprint density at radius 1 is 1.11 bits per heavy atom. The Balaban J connectivity index is 1.49. The van der Waals surface area contributed by atoms with Gasteiger partial charge in [0.15, 0.2) is 0 Å². The first-order valence-corrected chi connectivity index (χ1v) is 9.90. The third-order valence-electron chi connectivity index (χ3n) is 5.36. The maximum absolute atomic E-state index is 12.6. The molecule has 1 unspecified atom stereocenters. The van der Waals surface area contributed by atoms with E-state index in [1.165, 1.54) is 0 Å². The number of rotatable bonds is 7. The van der Waals surface area contributed by atoms with Gasteiger partial charge in [0, 0.05) is 19.5 Å². The Bertz CT molecular complexity index is 723. The highest BCUT2D eigenvalue weighted by atomic mass is 16.5. The highest BCUT2D eigenvalue weighted by Crippen LogP contribution is 2.31. The fraction of sp³-hybridized carbons (Fsp3) is 0.435. The molecule has 1 amide bonds. The van der Waals surface area contributed by atoms with Crippen molar-refractivity contribution >= 4 is 5.91 Å². The van der Waals surface area contributed by atoms with Crippen molar-refractivity contribution in [3.05, 3.63) is 65.7 Å². The molecule has 1 heterocycles. The number of ether oxygens (including phenoxy) is 1. The van der Waals surface area contributed by atoms with Crippen LogP contribution in [-0.2, 0) is 11.2 Å². The maximum Gasteiger partial charge on any atom is 0.222 e. The maximum atomic E-state index is 12.6. The van der Waals surface area contributed by atoms with Crippen LogP contribution in [0.3, 0.4) is 0 Å². The first-order valence-electron chi connectivity index (χ1n) is 9.90. The molecule has 1 fully saturated rings. The first kappa shape index (κ1) is 19.4. The Morgan fingerprint density at radius 2 is 1.78 bits per heavy atom. The van der Waals surface area contributed by atoms with Crippen LogP contribution < -0.4 is 4.74 Å². The summed E-state index contributed by atoms with van der Waals surface area (Å²) in [7, 11) is 0. The second-order valence-corrected chi connectivity index (χ2v) is 7.11. The molecule has 1 aliphatic rings. The van der Waals surface area contributed by atoms with E-state index in [0.717, 1.165) is 42.8 Å². The lowest BCUT2D eigenvalue weighted by Gasteiger charge is -2.34. The second-order valence-electron chi connectivity index (χ2n) is 7.11. The molecular weight excluding hydrogens is 338 g/mol. The number of aryl methyl sites for hydroxylation is 1. The van der Waals surface area contributed by atoms with Crippen LogP contribution in [0.25, 0.3) is 0 Å². The molecule has 4 heteroatoms. The summed E-state index contributed by atoms with van der Waals surface area (Å²) in [5, 5.41) is 10.6. The average molecular weight is 367 g/mol. The van der Waals surface area contributed by atoms with Crippen molar-refractivity contribution in [3.8, 4) is 5.75 Å². The van der Waals surface area contributed by atoms with E-state index in [-0.39, 0.29) is 11.8 Å². The normalized spacial score (nSPS) is 16.1. The van der Waals surface area contributed by atoms with Crippen LogP contribution in [0.5, 0.6) is 5.75 Å². The lowest BCUT2D eigenvalue weighted by atomic mass is 9.87. The minimum Gasteiger partial charge on any atom is -0.494 e. The smallest absolute Gasteiger partial charge is 0.222 e. The Kier molecular flexibility index (Phi) is 6.88. The summed E-state index contributed by atoms with van der Waals surface area (Å²) in [6.45, 7) is 4.04. The van der Waals surface area contributed by atoms with Crippen LogP contribution in [0.1, 0.15) is 43.4 Å². The molecule has 1 saturated heterocycles. The summed E-state index contributed by atoms with van der Waals surface area (Å²) >= 11 is 0. The van der Waals surface area contributed by atoms with Crippen molar-refractivity contribution in [2.75, 3.05) is 19.7 Å². The zero-order valence-electron chi connectivity index (χ0n) is 16.0.